The lowest BCUT2D eigenvalue weighted by molar-refractivity contribution is -0.149. The van der Waals surface area contributed by atoms with Crippen LogP contribution < -0.4 is 36.1 Å². The van der Waals surface area contributed by atoms with Gasteiger partial charge in [-0.1, -0.05) is 68.1 Å². The maximum Gasteiger partial charge on any atom is 0.308 e. The summed E-state index contributed by atoms with van der Waals surface area (Å²) in [5, 5.41) is 22.2. The van der Waals surface area contributed by atoms with Gasteiger partial charge in [-0.25, -0.2) is 8.78 Å². The third kappa shape index (κ3) is 14.1. The predicted octanol–water partition coefficient (Wildman–Crippen LogP) is 8.42. The summed E-state index contributed by atoms with van der Waals surface area (Å²) >= 11 is 0. The molecule has 0 aliphatic carbocycles. The van der Waals surface area contributed by atoms with Crippen LogP contribution in [-0.4, -0.2) is 113 Å². The minimum absolute atomic E-state index is 0.0108. The van der Waals surface area contributed by atoms with E-state index in [9.17, 15) is 29.1 Å². The Morgan fingerprint density at radius 1 is 0.859 bits per heavy atom. The first kappa shape index (κ1) is 58.4. The fourth-order valence-electron chi connectivity index (χ4n) is 10.7. The first-order valence-corrected chi connectivity index (χ1v) is 30.1. The molecule has 4 amide bonds. The molecule has 5 aromatic rings. The minimum atomic E-state index is -2.46. The SMILES string of the molecule is C/C1=C\CC[C@H](C)OC(=O)C[C@H](c2ccc(O)cc2)NC(=O)[C@@H](Cc2cc3ccccc3[nH]2)N(C)C(=O)[C@H](CCCCNC(=O)CCC=C2c3cc(F)c(N(C)C)cc3[Si](C)(C)c3cc(N(C)C)c(F)cc32)NC(=O)[C@@H](C)C1. The van der Waals surface area contributed by atoms with E-state index in [1.807, 2.05) is 68.5 Å². The molecule has 0 radical (unpaired) electrons. The van der Waals surface area contributed by atoms with E-state index < -0.39 is 56.0 Å². The lowest BCUT2D eigenvalue weighted by atomic mass is 9.94. The Hall–Kier alpha value is -7.27. The molecule has 0 fully saturated rings. The van der Waals surface area contributed by atoms with Gasteiger partial charge >= 0.3 is 5.97 Å². The van der Waals surface area contributed by atoms with Crippen LogP contribution in [0, 0.1) is 17.6 Å². The number of rotatable bonds is 13. The van der Waals surface area contributed by atoms with Crippen molar-refractivity contribution in [3.8, 4) is 5.75 Å². The Kier molecular flexibility index (Phi) is 19.1. The van der Waals surface area contributed by atoms with E-state index in [4.69, 9.17) is 4.74 Å². The Labute approximate surface area is 458 Å². The molecule has 3 heterocycles. The van der Waals surface area contributed by atoms with Crippen molar-refractivity contribution in [1.82, 2.24) is 25.8 Å². The second-order valence-electron chi connectivity index (χ2n) is 22.1. The number of carbonyl (C=O) groups is 5. The van der Waals surface area contributed by atoms with Gasteiger partial charge in [-0.05, 0) is 145 Å². The topological polar surface area (TPSA) is 176 Å². The van der Waals surface area contributed by atoms with E-state index >= 15 is 8.78 Å². The monoisotopic (exact) mass is 1090 g/mol. The summed E-state index contributed by atoms with van der Waals surface area (Å²) in [6.07, 6.45) is 6.46. The number of hydrogen-bond donors (Lipinski definition) is 5. The number of allylic oxidation sites excluding steroid dienone is 3. The number of nitrogens with one attached hydrogen (secondary N) is 4. The Morgan fingerprint density at radius 2 is 1.50 bits per heavy atom. The van der Waals surface area contributed by atoms with Gasteiger partial charge in [-0.15, -0.1) is 0 Å². The molecule has 0 bridgehead atoms. The molecule has 0 unspecified atom stereocenters. The molecular formula is C61H77F2N7O7Si. The summed E-state index contributed by atoms with van der Waals surface area (Å²) < 4.78 is 37.2. The lowest BCUT2D eigenvalue weighted by Gasteiger charge is -2.37. The first-order valence-electron chi connectivity index (χ1n) is 27.1. The molecule has 5 atom stereocenters. The van der Waals surface area contributed by atoms with Crippen LogP contribution in [0.15, 0.2) is 96.6 Å². The molecule has 4 aromatic carbocycles. The fraction of sp³-hybridized carbons (Fsp3) is 0.426. The number of esters is 1. The Morgan fingerprint density at radius 3 is 2.13 bits per heavy atom. The van der Waals surface area contributed by atoms with Crippen molar-refractivity contribution < 1.29 is 42.6 Å². The van der Waals surface area contributed by atoms with Gasteiger partial charge in [0.25, 0.3) is 0 Å². The number of unbranched alkanes of at least 4 members (excludes halogenated alkanes) is 1. The van der Waals surface area contributed by atoms with Gasteiger partial charge in [-0.2, -0.15) is 0 Å². The van der Waals surface area contributed by atoms with E-state index in [1.54, 1.807) is 69.2 Å². The van der Waals surface area contributed by atoms with E-state index in [1.165, 1.54) is 24.1 Å². The molecule has 2 aliphatic heterocycles. The molecule has 5 N–H and O–H groups in total. The number of fused-ring (bicyclic) bond motifs is 3. The second kappa shape index (κ2) is 25.5. The van der Waals surface area contributed by atoms with E-state index in [0.29, 0.717) is 77.9 Å². The molecule has 78 heavy (non-hydrogen) atoms. The zero-order valence-electron chi connectivity index (χ0n) is 46.8. The van der Waals surface area contributed by atoms with Crippen molar-refractivity contribution in [2.45, 2.75) is 122 Å². The largest absolute Gasteiger partial charge is 0.508 e. The molecule has 7 rings (SSSR count). The number of benzene rings is 4. The Balaban J connectivity index is 1.09. The minimum Gasteiger partial charge on any atom is -0.508 e. The number of hydrogen-bond acceptors (Lipinski definition) is 9. The number of phenolic OH excluding ortho intramolecular Hbond substituents is 1. The van der Waals surface area contributed by atoms with Gasteiger partial charge in [-0.3, -0.25) is 24.0 Å². The van der Waals surface area contributed by atoms with Crippen LogP contribution in [-0.2, 0) is 35.1 Å². The molecule has 2 aliphatic rings. The van der Waals surface area contributed by atoms with E-state index in [2.05, 4.69) is 34.0 Å². The molecule has 1 aromatic heterocycles. The first-order chi connectivity index (χ1) is 37.0. The zero-order chi connectivity index (χ0) is 56.6. The molecule has 17 heteroatoms. The van der Waals surface area contributed by atoms with Crippen LogP contribution in [0.5, 0.6) is 5.75 Å². The summed E-state index contributed by atoms with van der Waals surface area (Å²) in [7, 11) is 6.29. The number of cyclic esters (lactones) is 1. The van der Waals surface area contributed by atoms with Gasteiger partial charge in [0.05, 0.1) is 29.9 Å². The third-order valence-corrected chi connectivity index (χ3v) is 18.7. The number of likely N-dealkylation sites (N-methyl/N-ethyl adjacent to an activating group) is 1. The summed E-state index contributed by atoms with van der Waals surface area (Å²) in [5.41, 5.74) is 6.12. The van der Waals surface area contributed by atoms with E-state index in [-0.39, 0.29) is 61.4 Å². The molecule has 416 valence electrons. The average molecular weight is 1090 g/mol. The highest BCUT2D eigenvalue weighted by atomic mass is 28.3. The quantitative estimate of drug-likeness (QED) is 0.0336. The number of phenols is 1. The maximum atomic E-state index is 15.7. The molecule has 0 saturated carbocycles. The number of aromatic nitrogens is 1. The average Bonchev–Trinajstić information content (AvgIpc) is 3.81. The highest BCUT2D eigenvalue weighted by molar-refractivity contribution is 7.02. The number of para-hydroxylation sites is 1. The van der Waals surface area contributed by atoms with Crippen molar-refractivity contribution in [2.24, 2.45) is 5.92 Å². The Bertz CT molecular complexity index is 2980. The van der Waals surface area contributed by atoms with Crippen molar-refractivity contribution in [2.75, 3.05) is 51.6 Å². The van der Waals surface area contributed by atoms with Crippen molar-refractivity contribution >= 4 is 75.9 Å². The zero-order valence-corrected chi connectivity index (χ0v) is 47.8. The van der Waals surface area contributed by atoms with E-state index in [0.717, 1.165) is 26.8 Å². The number of nitrogens with zero attached hydrogens (tertiary/aromatic N) is 3. The highest BCUT2D eigenvalue weighted by Gasteiger charge is 2.39. The summed E-state index contributed by atoms with van der Waals surface area (Å²) in [4.78, 5) is 78.9. The summed E-state index contributed by atoms with van der Waals surface area (Å²) in [6, 6.07) is 19.7. The number of aromatic hydroxyl groups is 1. The van der Waals surface area contributed by atoms with Gasteiger partial charge in [0.2, 0.25) is 23.6 Å². The molecule has 14 nitrogen and oxygen atoms in total. The maximum absolute atomic E-state index is 15.7. The number of amides is 4. The van der Waals surface area contributed by atoms with Crippen LogP contribution in [0.3, 0.4) is 0 Å². The summed E-state index contributed by atoms with van der Waals surface area (Å²) in [5.74, 6) is -3.35. The number of H-pyrrole nitrogens is 1. The van der Waals surface area contributed by atoms with Crippen molar-refractivity contribution in [1.29, 1.82) is 0 Å². The molecule has 0 saturated heterocycles. The van der Waals surface area contributed by atoms with Gasteiger partial charge in [0, 0.05) is 71.8 Å². The third-order valence-electron chi connectivity index (χ3n) is 15.2. The number of aromatic amines is 1. The summed E-state index contributed by atoms with van der Waals surface area (Å²) in [6.45, 7) is 10.2. The number of ether oxygens (including phenoxy) is 1. The standard InChI is InChI=1S/C61H77F2N7O7Si/c1-37-17-15-18-39(3)77-58(73)34-51(40-24-26-43(71)27-25-40)67-60(75)54(31-42-30-41-19-11-12-21-49(41)65-42)70(8)61(76)50(66-59(74)38(2)29-37)22-13-14-28-64-57(72)23-16-20-44-45-32-47(62)52(68(4)5)35-55(45)78(9,10)56-36-53(69(6)7)48(63)33-46(44)56/h11-12,17,19-21,24-27,30,32-33,35-36,38-39,50-51,54,65,71H,13-16,18,22-23,28-29,31,34H2,1-10H3,(H,64,72)(H,66,74)(H,67,75)/b37-17+/t38-,39-,50-,51+,54+/m0/s1. The number of halogens is 2. The van der Waals surface area contributed by atoms with Gasteiger partial charge in [0.15, 0.2) is 0 Å². The second-order valence-corrected chi connectivity index (χ2v) is 26.4. The normalized spacial score (nSPS) is 21.1. The van der Waals surface area contributed by atoms with Crippen LogP contribution in [0.1, 0.15) is 107 Å². The smallest absolute Gasteiger partial charge is 0.308 e. The molecular weight excluding hydrogens is 1010 g/mol. The number of carbonyl (C=O) groups excluding carboxylic acids is 5. The van der Waals surface area contributed by atoms with Crippen LogP contribution in [0.25, 0.3) is 16.5 Å². The van der Waals surface area contributed by atoms with Crippen LogP contribution in [0.2, 0.25) is 13.1 Å². The van der Waals surface area contributed by atoms with Gasteiger partial charge in [0.1, 0.15) is 37.5 Å². The van der Waals surface area contributed by atoms with Crippen LogP contribution in [0.4, 0.5) is 20.2 Å². The number of anilines is 2. The van der Waals surface area contributed by atoms with Crippen molar-refractivity contribution in [3.05, 3.63) is 131 Å². The molecule has 0 spiro atoms. The van der Waals surface area contributed by atoms with Crippen molar-refractivity contribution in [3.63, 3.8) is 0 Å². The predicted molar refractivity (Wildman–Crippen MR) is 308 cm³/mol. The fourth-order valence-corrected chi connectivity index (χ4v) is 13.8. The highest BCUT2D eigenvalue weighted by Crippen LogP contribution is 2.36. The lowest BCUT2D eigenvalue weighted by Crippen LogP contribution is -2.58. The van der Waals surface area contributed by atoms with Gasteiger partial charge < -0.3 is 45.5 Å². The van der Waals surface area contributed by atoms with Crippen LogP contribution >= 0.6 is 0 Å².